The summed E-state index contributed by atoms with van der Waals surface area (Å²) in [6, 6.07) is 6.31. The van der Waals surface area contributed by atoms with E-state index >= 15 is 0 Å². The molecular formula is C34H52N4O2. The van der Waals surface area contributed by atoms with Crippen LogP contribution >= 0.6 is 0 Å². The summed E-state index contributed by atoms with van der Waals surface area (Å²) in [6.45, 7) is 19.3. The largest absolute Gasteiger partial charge is 0.389 e. The van der Waals surface area contributed by atoms with E-state index in [0.29, 0.717) is 5.92 Å². The minimum absolute atomic E-state index is 0.159. The molecule has 0 saturated carbocycles. The van der Waals surface area contributed by atoms with Crippen LogP contribution in [-0.2, 0) is 19.5 Å². The number of aliphatic imine (C=N–C) groups is 1. The van der Waals surface area contributed by atoms with Crippen LogP contribution in [0.4, 0.5) is 0 Å². The fourth-order valence-electron chi connectivity index (χ4n) is 5.85. The zero-order valence-electron chi connectivity index (χ0n) is 26.0. The Labute approximate surface area is 242 Å². The summed E-state index contributed by atoms with van der Waals surface area (Å²) in [4.78, 5) is 22.7. The number of rotatable bonds is 5. The minimum Gasteiger partial charge on any atom is -0.389 e. The molecule has 4 heterocycles. The summed E-state index contributed by atoms with van der Waals surface area (Å²) in [6.07, 6.45) is 10.9. The Kier molecular flexibility index (Phi) is 12.1. The lowest BCUT2D eigenvalue weighted by Gasteiger charge is -2.30. The first-order chi connectivity index (χ1) is 19.4. The van der Waals surface area contributed by atoms with Crippen LogP contribution in [0, 0.1) is 5.92 Å². The zero-order chi connectivity index (χ0) is 29.2. The van der Waals surface area contributed by atoms with Crippen LogP contribution in [0.1, 0.15) is 95.8 Å². The molecule has 1 atom stereocenters. The number of benzene rings is 1. The molecule has 220 valence electrons. The van der Waals surface area contributed by atoms with Crippen molar-refractivity contribution in [3.63, 3.8) is 0 Å². The number of carbonyl (C=O) groups excluding carboxylic acids is 1. The van der Waals surface area contributed by atoms with Crippen LogP contribution in [-0.4, -0.2) is 63.5 Å². The number of likely N-dealkylation sites (tertiary alicyclic amines) is 1. The second kappa shape index (κ2) is 15.2. The van der Waals surface area contributed by atoms with Gasteiger partial charge in [-0.05, 0) is 62.8 Å². The molecule has 6 heteroatoms. The fraction of sp³-hybridized carbons (Fsp3) is 0.588. The molecule has 1 aromatic carbocycles. The van der Waals surface area contributed by atoms with Gasteiger partial charge in [-0.25, -0.2) is 0 Å². The van der Waals surface area contributed by atoms with Crippen LogP contribution in [0.3, 0.4) is 0 Å². The molecule has 1 saturated heterocycles. The van der Waals surface area contributed by atoms with Gasteiger partial charge < -0.3 is 19.5 Å². The van der Waals surface area contributed by atoms with Crippen LogP contribution in [0.5, 0.6) is 0 Å². The van der Waals surface area contributed by atoms with Crippen molar-refractivity contribution in [1.82, 2.24) is 14.4 Å². The van der Waals surface area contributed by atoms with Gasteiger partial charge in [0.1, 0.15) is 0 Å². The van der Waals surface area contributed by atoms with Crippen molar-refractivity contribution in [1.29, 1.82) is 0 Å². The van der Waals surface area contributed by atoms with Gasteiger partial charge >= 0.3 is 0 Å². The van der Waals surface area contributed by atoms with Crippen LogP contribution in [0.25, 0.3) is 10.9 Å². The van der Waals surface area contributed by atoms with Gasteiger partial charge in [-0.15, -0.1) is 0 Å². The summed E-state index contributed by atoms with van der Waals surface area (Å²) < 4.78 is 2.43. The Hall–Kier alpha value is -2.86. The normalized spacial score (nSPS) is 18.6. The molecule has 1 unspecified atom stereocenters. The number of hydrogen-bond donors (Lipinski definition) is 1. The number of hydrogen-bond acceptors (Lipinski definition) is 4. The molecule has 1 aromatic heterocycles. The lowest BCUT2D eigenvalue weighted by Crippen LogP contribution is -2.37. The summed E-state index contributed by atoms with van der Waals surface area (Å²) >= 11 is 0. The smallest absolute Gasteiger partial charge is 0.253 e. The van der Waals surface area contributed by atoms with Crippen molar-refractivity contribution in [3.05, 3.63) is 58.8 Å². The Morgan fingerprint density at radius 2 is 1.85 bits per heavy atom. The number of aliphatic hydroxyl groups is 1. The number of fused-ring (bicyclic) bond motifs is 3. The van der Waals surface area contributed by atoms with E-state index in [1.165, 1.54) is 33.6 Å². The number of aromatic nitrogens is 1. The van der Waals surface area contributed by atoms with Gasteiger partial charge in [-0.3, -0.25) is 9.79 Å². The molecule has 0 radical (unpaired) electrons. The first-order valence-electron chi connectivity index (χ1n) is 15.7. The molecular weight excluding hydrogens is 496 g/mol. The molecule has 1 amide bonds. The first kappa shape index (κ1) is 31.7. The van der Waals surface area contributed by atoms with Crippen LogP contribution < -0.4 is 0 Å². The average Bonchev–Trinajstić information content (AvgIpc) is 3.64. The van der Waals surface area contributed by atoms with Crippen molar-refractivity contribution in [2.45, 2.75) is 99.8 Å². The zero-order valence-corrected chi connectivity index (χ0v) is 26.0. The van der Waals surface area contributed by atoms with E-state index in [1.54, 1.807) is 6.92 Å². The number of amides is 1. The van der Waals surface area contributed by atoms with Gasteiger partial charge in [0.2, 0.25) is 0 Å². The van der Waals surface area contributed by atoms with E-state index in [2.05, 4.69) is 41.5 Å². The van der Waals surface area contributed by atoms with Crippen LogP contribution in [0.2, 0.25) is 0 Å². The number of aliphatic hydroxyl groups excluding tert-OH is 1. The Bertz CT molecular complexity index is 1210. The predicted molar refractivity (Wildman–Crippen MR) is 169 cm³/mol. The summed E-state index contributed by atoms with van der Waals surface area (Å²) in [7, 11) is 0. The molecule has 3 aliphatic rings. The fourth-order valence-corrected chi connectivity index (χ4v) is 5.85. The highest BCUT2D eigenvalue weighted by Crippen LogP contribution is 2.34. The molecule has 1 fully saturated rings. The van der Waals surface area contributed by atoms with Crippen molar-refractivity contribution in [3.8, 4) is 0 Å². The first-order valence-corrected chi connectivity index (χ1v) is 15.7. The van der Waals surface area contributed by atoms with Gasteiger partial charge in [0.15, 0.2) is 0 Å². The van der Waals surface area contributed by atoms with Crippen molar-refractivity contribution >= 4 is 22.6 Å². The van der Waals surface area contributed by atoms with E-state index in [4.69, 9.17) is 4.99 Å². The predicted octanol–water partition coefficient (Wildman–Crippen LogP) is 7.00. The summed E-state index contributed by atoms with van der Waals surface area (Å²) in [5.41, 5.74) is 5.85. The molecule has 6 nitrogen and oxygen atoms in total. The van der Waals surface area contributed by atoms with Crippen molar-refractivity contribution in [2.24, 2.45) is 10.9 Å². The summed E-state index contributed by atoms with van der Waals surface area (Å²) in [5.74, 6) is 2.10. The maximum atomic E-state index is 13.4. The second-order valence-electron chi connectivity index (χ2n) is 10.8. The number of piperidine rings is 1. The SMILES string of the molecule is C/C=C(\C=C/C(C)O)Cn1c2c(c3cc(C(=O)N4CCC(C)CC4)ccc31)CN(C1=NCCC1)CC2.CC.CC. The van der Waals surface area contributed by atoms with E-state index in [0.717, 1.165) is 76.9 Å². The molecule has 0 aliphatic carbocycles. The Morgan fingerprint density at radius 1 is 1.12 bits per heavy atom. The molecule has 5 rings (SSSR count). The Morgan fingerprint density at radius 3 is 2.48 bits per heavy atom. The number of nitrogens with zero attached hydrogens (tertiary/aromatic N) is 4. The molecule has 0 bridgehead atoms. The molecule has 2 aromatic rings. The monoisotopic (exact) mass is 548 g/mol. The van der Waals surface area contributed by atoms with E-state index < -0.39 is 6.10 Å². The average molecular weight is 549 g/mol. The van der Waals surface area contributed by atoms with Gasteiger partial charge in [-0.1, -0.05) is 52.8 Å². The van der Waals surface area contributed by atoms with Crippen molar-refractivity contribution in [2.75, 3.05) is 26.2 Å². The van der Waals surface area contributed by atoms with Gasteiger partial charge in [0.05, 0.1) is 11.9 Å². The highest BCUT2D eigenvalue weighted by Gasteiger charge is 2.28. The standard InChI is InChI=1S/C30H40N4O2.2C2H6/c1-4-23(8-7-22(3)35)19-34-27-10-9-24(30(36)32-15-11-21(2)12-16-32)18-25(27)26-20-33(17-13-28(26)34)29-6-5-14-31-29;2*1-2/h4,7-10,18,21-22,35H,5-6,11-17,19-20H2,1-3H3;2*1-2H3/b8-7-,23-4+;;. The number of amidine groups is 1. The number of carbonyl (C=O) groups is 1. The number of allylic oxidation sites excluding steroid dienone is 3. The Balaban J connectivity index is 0.00000106. The van der Waals surface area contributed by atoms with E-state index in [9.17, 15) is 9.90 Å². The molecule has 0 spiro atoms. The summed E-state index contributed by atoms with van der Waals surface area (Å²) in [5, 5.41) is 10.9. The van der Waals surface area contributed by atoms with Gasteiger partial charge in [0.25, 0.3) is 5.91 Å². The molecule has 3 aliphatic heterocycles. The maximum Gasteiger partial charge on any atom is 0.253 e. The van der Waals surface area contributed by atoms with Gasteiger partial charge in [0, 0.05) is 79.8 Å². The quantitative estimate of drug-likeness (QED) is 0.409. The highest BCUT2D eigenvalue weighted by molar-refractivity contribution is 5.99. The van der Waals surface area contributed by atoms with E-state index in [-0.39, 0.29) is 5.91 Å². The third-order valence-electron chi connectivity index (χ3n) is 8.09. The topological polar surface area (TPSA) is 61.1 Å². The highest BCUT2D eigenvalue weighted by atomic mass is 16.3. The van der Waals surface area contributed by atoms with Crippen molar-refractivity contribution < 1.29 is 9.90 Å². The molecule has 40 heavy (non-hydrogen) atoms. The lowest BCUT2D eigenvalue weighted by atomic mass is 9.98. The lowest BCUT2D eigenvalue weighted by molar-refractivity contribution is 0.0697. The molecule has 1 N–H and O–H groups in total. The van der Waals surface area contributed by atoms with Crippen LogP contribution in [0.15, 0.2) is 47.0 Å². The third kappa shape index (κ3) is 7.25. The second-order valence-corrected chi connectivity index (χ2v) is 10.8. The minimum atomic E-state index is -0.470. The van der Waals surface area contributed by atoms with E-state index in [1.807, 2.05) is 50.8 Å². The third-order valence-corrected chi connectivity index (χ3v) is 8.09. The van der Waals surface area contributed by atoms with Gasteiger partial charge in [-0.2, -0.15) is 0 Å². The maximum absolute atomic E-state index is 13.4.